The molecule has 0 bridgehead atoms. The van der Waals surface area contributed by atoms with Gasteiger partial charge < -0.3 is 4.74 Å². The molecule has 2 aromatic rings. The van der Waals surface area contributed by atoms with Gasteiger partial charge in [0.1, 0.15) is 11.6 Å². The van der Waals surface area contributed by atoms with Gasteiger partial charge in [0.2, 0.25) is 0 Å². The van der Waals surface area contributed by atoms with Crippen LogP contribution < -0.4 is 0 Å². The molecule has 106 valence electrons. The van der Waals surface area contributed by atoms with Crippen molar-refractivity contribution >= 4 is 5.97 Å². The maximum Gasteiger partial charge on any atom is 0.360 e. The number of carbonyl (C=O) groups is 1. The second-order valence-electron chi connectivity index (χ2n) is 4.12. The highest BCUT2D eigenvalue weighted by molar-refractivity contribution is 5.88. The van der Waals surface area contributed by atoms with Gasteiger partial charge in [-0.3, -0.25) is 0 Å². The molecule has 0 amide bonds. The number of halogens is 2. The van der Waals surface area contributed by atoms with E-state index in [1.165, 1.54) is 23.9 Å². The van der Waals surface area contributed by atoms with Gasteiger partial charge in [-0.1, -0.05) is 18.2 Å². The van der Waals surface area contributed by atoms with E-state index in [0.29, 0.717) is 12.1 Å². The summed E-state index contributed by atoms with van der Waals surface area (Å²) in [7, 11) is 1.25. The van der Waals surface area contributed by atoms with E-state index < -0.39 is 17.6 Å². The number of ether oxygens (including phenoxy) is 1. The minimum absolute atomic E-state index is 0.0687. The zero-order valence-corrected chi connectivity index (χ0v) is 11.1. The fourth-order valence-electron chi connectivity index (χ4n) is 1.88. The Morgan fingerprint density at radius 2 is 2.15 bits per heavy atom. The highest BCUT2D eigenvalue weighted by Crippen LogP contribution is 2.14. The average Bonchev–Trinajstić information content (AvgIpc) is 2.83. The van der Waals surface area contributed by atoms with Crippen LogP contribution in [0.5, 0.6) is 0 Å². The van der Waals surface area contributed by atoms with Gasteiger partial charge >= 0.3 is 5.97 Å². The molecule has 0 atom stereocenters. The highest BCUT2D eigenvalue weighted by atomic mass is 19.1. The summed E-state index contributed by atoms with van der Waals surface area (Å²) in [6.07, 6.45) is 0.486. The molecule has 0 aliphatic carbocycles. The Morgan fingerprint density at radius 1 is 1.40 bits per heavy atom. The van der Waals surface area contributed by atoms with Crippen LogP contribution >= 0.6 is 0 Å². The number of methoxy groups -OCH3 is 1. The molecule has 0 unspecified atom stereocenters. The van der Waals surface area contributed by atoms with Crippen molar-refractivity contribution in [3.63, 3.8) is 0 Å². The summed E-state index contributed by atoms with van der Waals surface area (Å²) in [5, 5.41) is 7.56. The van der Waals surface area contributed by atoms with Gasteiger partial charge in [-0.2, -0.15) is 0 Å². The third-order valence-corrected chi connectivity index (χ3v) is 2.89. The fourth-order valence-corrected chi connectivity index (χ4v) is 1.88. The molecule has 0 aliphatic heterocycles. The van der Waals surface area contributed by atoms with E-state index in [0.717, 1.165) is 6.07 Å². The Bertz CT molecular complexity index is 641. The molecule has 7 heteroatoms. The molecule has 0 saturated carbocycles. The van der Waals surface area contributed by atoms with E-state index in [4.69, 9.17) is 0 Å². The quantitative estimate of drug-likeness (QED) is 0.804. The molecule has 1 heterocycles. The third-order valence-electron chi connectivity index (χ3n) is 2.89. The van der Waals surface area contributed by atoms with Crippen LogP contribution in [0.3, 0.4) is 0 Å². The molecule has 5 nitrogen and oxygen atoms in total. The van der Waals surface area contributed by atoms with Gasteiger partial charge in [-0.25, -0.2) is 18.3 Å². The molecule has 0 radical (unpaired) electrons. The predicted octanol–water partition coefficient (Wildman–Crippen LogP) is 1.95. The van der Waals surface area contributed by atoms with E-state index in [2.05, 4.69) is 15.0 Å². The van der Waals surface area contributed by atoms with Crippen LogP contribution in [-0.2, 0) is 17.7 Å². The lowest BCUT2D eigenvalue weighted by atomic mass is 10.2. The third kappa shape index (κ3) is 2.66. The van der Waals surface area contributed by atoms with Crippen molar-refractivity contribution in [1.29, 1.82) is 0 Å². The Hall–Kier alpha value is -2.31. The van der Waals surface area contributed by atoms with Crippen LogP contribution in [-0.4, -0.2) is 28.1 Å². The van der Waals surface area contributed by atoms with Gasteiger partial charge in [0.15, 0.2) is 5.69 Å². The van der Waals surface area contributed by atoms with Gasteiger partial charge in [0, 0.05) is 11.6 Å². The van der Waals surface area contributed by atoms with Crippen molar-refractivity contribution in [3.8, 4) is 0 Å². The van der Waals surface area contributed by atoms with Crippen molar-refractivity contribution < 1.29 is 18.3 Å². The summed E-state index contributed by atoms with van der Waals surface area (Å²) < 4.78 is 32.5. The van der Waals surface area contributed by atoms with Crippen molar-refractivity contribution in [1.82, 2.24) is 15.0 Å². The first-order chi connectivity index (χ1) is 9.56. The molecular weight excluding hydrogens is 268 g/mol. The highest BCUT2D eigenvalue weighted by Gasteiger charge is 2.19. The van der Waals surface area contributed by atoms with Crippen LogP contribution in [0.1, 0.15) is 28.7 Å². The lowest BCUT2D eigenvalue weighted by Crippen LogP contribution is -2.10. The molecule has 0 saturated heterocycles. The lowest BCUT2D eigenvalue weighted by molar-refractivity contribution is 0.0592. The molecule has 0 N–H and O–H groups in total. The summed E-state index contributed by atoms with van der Waals surface area (Å²) in [5.74, 6) is -1.90. The summed E-state index contributed by atoms with van der Waals surface area (Å²) in [6.45, 7) is 1.89. The zero-order chi connectivity index (χ0) is 14.7. The monoisotopic (exact) mass is 281 g/mol. The normalized spacial score (nSPS) is 10.6. The van der Waals surface area contributed by atoms with Crippen LogP contribution in [0.2, 0.25) is 0 Å². The van der Waals surface area contributed by atoms with E-state index in [-0.39, 0.29) is 17.8 Å². The Kier molecular flexibility index (Phi) is 4.07. The molecule has 1 aromatic heterocycles. The minimum Gasteiger partial charge on any atom is -0.464 e. The van der Waals surface area contributed by atoms with Crippen molar-refractivity contribution in [3.05, 3.63) is 46.8 Å². The lowest BCUT2D eigenvalue weighted by Gasteiger charge is -2.07. The summed E-state index contributed by atoms with van der Waals surface area (Å²) in [4.78, 5) is 11.5. The molecule has 0 spiro atoms. The molecule has 1 aromatic carbocycles. The minimum atomic E-state index is -0.665. The Morgan fingerprint density at radius 3 is 2.75 bits per heavy atom. The van der Waals surface area contributed by atoms with E-state index in [1.807, 2.05) is 6.92 Å². The number of benzene rings is 1. The second kappa shape index (κ2) is 5.77. The van der Waals surface area contributed by atoms with Crippen LogP contribution in [0.4, 0.5) is 8.78 Å². The number of hydrogen-bond acceptors (Lipinski definition) is 4. The number of nitrogens with zero attached hydrogens (tertiary/aromatic N) is 3. The topological polar surface area (TPSA) is 57.0 Å². The first-order valence-electron chi connectivity index (χ1n) is 6.01. The van der Waals surface area contributed by atoms with Gasteiger partial charge in [0.05, 0.1) is 19.3 Å². The number of aromatic nitrogens is 3. The standard InChI is InChI=1S/C13H13F2N3O2/c1-3-11-12(13(19)20-2)16-17-18(11)7-8-4-5-9(14)6-10(8)15/h4-6H,3,7H2,1-2H3. The predicted molar refractivity (Wildman–Crippen MR) is 66.2 cm³/mol. The first kappa shape index (κ1) is 14.1. The molecule has 0 aliphatic rings. The first-order valence-corrected chi connectivity index (χ1v) is 6.01. The SMILES string of the molecule is CCc1c(C(=O)OC)nnn1Cc1ccc(F)cc1F. The van der Waals surface area contributed by atoms with E-state index >= 15 is 0 Å². The maximum atomic E-state index is 13.6. The van der Waals surface area contributed by atoms with Crippen molar-refractivity contribution in [2.45, 2.75) is 19.9 Å². The number of esters is 1. The number of rotatable bonds is 4. The molecule has 2 rings (SSSR count). The second-order valence-corrected chi connectivity index (χ2v) is 4.12. The zero-order valence-electron chi connectivity index (χ0n) is 11.1. The summed E-state index contributed by atoms with van der Waals surface area (Å²) in [5.41, 5.74) is 0.917. The summed E-state index contributed by atoms with van der Waals surface area (Å²) >= 11 is 0. The number of hydrogen-bond donors (Lipinski definition) is 0. The van der Waals surface area contributed by atoms with Gasteiger partial charge in [-0.05, 0) is 12.5 Å². The smallest absolute Gasteiger partial charge is 0.360 e. The maximum absolute atomic E-state index is 13.6. The largest absolute Gasteiger partial charge is 0.464 e. The van der Waals surface area contributed by atoms with Crippen LogP contribution in [0, 0.1) is 11.6 Å². The van der Waals surface area contributed by atoms with E-state index in [9.17, 15) is 13.6 Å². The Labute approximate surface area is 114 Å². The van der Waals surface area contributed by atoms with Crippen molar-refractivity contribution in [2.24, 2.45) is 0 Å². The molecule has 20 heavy (non-hydrogen) atoms. The van der Waals surface area contributed by atoms with Crippen LogP contribution in [0.15, 0.2) is 18.2 Å². The molecular formula is C13H13F2N3O2. The van der Waals surface area contributed by atoms with E-state index in [1.54, 1.807) is 0 Å². The number of carbonyl (C=O) groups excluding carboxylic acids is 1. The average molecular weight is 281 g/mol. The van der Waals surface area contributed by atoms with Crippen molar-refractivity contribution in [2.75, 3.05) is 7.11 Å². The van der Waals surface area contributed by atoms with Crippen LogP contribution in [0.25, 0.3) is 0 Å². The Balaban J connectivity index is 2.34. The van der Waals surface area contributed by atoms with Gasteiger partial charge in [-0.15, -0.1) is 5.10 Å². The summed E-state index contributed by atoms with van der Waals surface area (Å²) in [6, 6.07) is 3.31. The fraction of sp³-hybridized carbons (Fsp3) is 0.308. The van der Waals surface area contributed by atoms with Gasteiger partial charge in [0.25, 0.3) is 0 Å². The molecule has 0 fully saturated rings.